The number of fused-ring (bicyclic) bond motifs is 5. The van der Waals surface area contributed by atoms with E-state index in [-0.39, 0.29) is 17.5 Å². The summed E-state index contributed by atoms with van der Waals surface area (Å²) < 4.78 is 4.86. The predicted octanol–water partition coefficient (Wildman–Crippen LogP) is 5.60. The number of esters is 1. The molecule has 0 bridgehead atoms. The summed E-state index contributed by atoms with van der Waals surface area (Å²) in [5.41, 5.74) is 0.507. The third-order valence-corrected chi connectivity index (χ3v) is 10.5. The van der Waals surface area contributed by atoms with Gasteiger partial charge >= 0.3 is 5.97 Å². The van der Waals surface area contributed by atoms with Gasteiger partial charge in [-0.3, -0.25) is 4.79 Å². The van der Waals surface area contributed by atoms with Gasteiger partial charge in [0.05, 0.1) is 13.2 Å². The molecule has 4 saturated carbocycles. The van der Waals surface area contributed by atoms with Crippen molar-refractivity contribution in [3.8, 4) is 0 Å². The molecule has 4 rings (SSSR count). The van der Waals surface area contributed by atoms with E-state index in [2.05, 4.69) is 20.8 Å². The molecule has 4 aliphatic rings. The fourth-order valence-corrected chi connectivity index (χ4v) is 8.87. The zero-order chi connectivity index (χ0) is 20.1. The van der Waals surface area contributed by atoms with Crippen LogP contribution < -0.4 is 0 Å². The van der Waals surface area contributed by atoms with Crippen LogP contribution >= 0.6 is 0 Å². The molecule has 4 aliphatic carbocycles. The topological polar surface area (TPSA) is 46.5 Å². The van der Waals surface area contributed by atoms with Gasteiger partial charge in [0.1, 0.15) is 0 Å². The second kappa shape index (κ2) is 7.60. The van der Waals surface area contributed by atoms with Crippen molar-refractivity contribution in [3.63, 3.8) is 0 Å². The molecule has 0 unspecified atom stereocenters. The Bertz CT molecular complexity index is 588. The molecule has 0 aromatic carbocycles. The maximum absolute atomic E-state index is 11.6. The zero-order valence-electron chi connectivity index (χ0n) is 18.6. The summed E-state index contributed by atoms with van der Waals surface area (Å²) >= 11 is 0. The summed E-state index contributed by atoms with van der Waals surface area (Å²) in [6, 6.07) is 0. The van der Waals surface area contributed by atoms with Gasteiger partial charge in [-0.2, -0.15) is 0 Å². The summed E-state index contributed by atoms with van der Waals surface area (Å²) in [4.78, 5) is 11.6. The number of carbonyl (C=O) groups is 1. The van der Waals surface area contributed by atoms with Gasteiger partial charge < -0.3 is 9.84 Å². The Morgan fingerprint density at radius 1 is 1.11 bits per heavy atom. The minimum atomic E-state index is -0.177. The van der Waals surface area contributed by atoms with Crippen LogP contribution in [0.4, 0.5) is 0 Å². The van der Waals surface area contributed by atoms with Crippen LogP contribution in [0.1, 0.15) is 91.4 Å². The lowest BCUT2D eigenvalue weighted by atomic mass is 9.44. The summed E-state index contributed by atoms with van der Waals surface area (Å²) in [7, 11) is 1.48. The van der Waals surface area contributed by atoms with E-state index in [1.54, 1.807) is 0 Å². The molecule has 0 spiro atoms. The maximum atomic E-state index is 11.6. The standard InChI is InChI=1S/C25H42O3/c1-16(8-13-23(27)28-4)19-11-12-20-18-10-9-17-7-5-6-14-24(17,2)21(18)15-22(26)25(19,20)3/h16-22,26H,5-15H2,1-4H3/t16-,17-,18-,19-,20+,21+,22-,24-,25-/m0/s1. The normalized spacial score (nSPS) is 48.9. The number of hydrogen-bond donors (Lipinski definition) is 1. The van der Waals surface area contributed by atoms with Crippen LogP contribution in [0, 0.1) is 46.3 Å². The number of carbonyl (C=O) groups excluding carboxylic acids is 1. The van der Waals surface area contributed by atoms with Crippen LogP contribution in [0.5, 0.6) is 0 Å². The Morgan fingerprint density at radius 3 is 2.64 bits per heavy atom. The van der Waals surface area contributed by atoms with Crippen LogP contribution in [0.3, 0.4) is 0 Å². The molecular formula is C25H42O3. The highest BCUT2D eigenvalue weighted by atomic mass is 16.5. The predicted molar refractivity (Wildman–Crippen MR) is 112 cm³/mol. The maximum Gasteiger partial charge on any atom is 0.305 e. The second-order valence-electron chi connectivity index (χ2n) is 11.3. The number of methoxy groups -OCH3 is 1. The van der Waals surface area contributed by atoms with Gasteiger partial charge in [-0.15, -0.1) is 0 Å². The first kappa shape index (κ1) is 20.7. The first-order valence-electron chi connectivity index (χ1n) is 12.1. The van der Waals surface area contributed by atoms with E-state index in [1.807, 2.05) is 0 Å². The van der Waals surface area contributed by atoms with Gasteiger partial charge in [0.15, 0.2) is 0 Å². The Hall–Kier alpha value is -0.570. The van der Waals surface area contributed by atoms with Gasteiger partial charge in [0, 0.05) is 6.42 Å². The molecule has 0 aromatic heterocycles. The third kappa shape index (κ3) is 3.06. The largest absolute Gasteiger partial charge is 0.469 e. The van der Waals surface area contributed by atoms with E-state index in [1.165, 1.54) is 58.5 Å². The smallest absolute Gasteiger partial charge is 0.305 e. The average molecular weight is 391 g/mol. The molecule has 0 radical (unpaired) electrons. The molecule has 4 fully saturated rings. The summed E-state index contributed by atoms with van der Waals surface area (Å²) in [5.74, 6) is 4.02. The van der Waals surface area contributed by atoms with Crippen molar-refractivity contribution in [2.24, 2.45) is 46.3 Å². The van der Waals surface area contributed by atoms with E-state index >= 15 is 0 Å². The van der Waals surface area contributed by atoms with E-state index in [0.717, 1.165) is 30.6 Å². The van der Waals surface area contributed by atoms with E-state index < -0.39 is 0 Å². The molecule has 3 heteroatoms. The third-order valence-electron chi connectivity index (χ3n) is 10.5. The molecule has 160 valence electrons. The van der Waals surface area contributed by atoms with Crippen molar-refractivity contribution in [3.05, 3.63) is 0 Å². The van der Waals surface area contributed by atoms with Gasteiger partial charge in [-0.1, -0.05) is 33.6 Å². The molecule has 0 aliphatic heterocycles. The zero-order valence-corrected chi connectivity index (χ0v) is 18.6. The molecule has 3 nitrogen and oxygen atoms in total. The first-order chi connectivity index (χ1) is 13.3. The van der Waals surface area contributed by atoms with Gasteiger partial charge in [0.25, 0.3) is 0 Å². The Labute approximate surface area is 172 Å². The lowest BCUT2D eigenvalue weighted by molar-refractivity contribution is -0.168. The van der Waals surface area contributed by atoms with Crippen LogP contribution in [0.15, 0.2) is 0 Å². The van der Waals surface area contributed by atoms with Crippen molar-refractivity contribution < 1.29 is 14.6 Å². The molecular weight excluding hydrogens is 348 g/mol. The molecule has 0 saturated heterocycles. The minimum absolute atomic E-state index is 0.0363. The van der Waals surface area contributed by atoms with Gasteiger partial charge in [0.2, 0.25) is 0 Å². The lowest BCUT2D eigenvalue weighted by Crippen LogP contribution is -2.58. The summed E-state index contributed by atoms with van der Waals surface area (Å²) in [6.45, 7) is 7.29. The van der Waals surface area contributed by atoms with Crippen molar-refractivity contribution in [2.75, 3.05) is 7.11 Å². The SMILES string of the molecule is COC(=O)CC[C@H](C)[C@@H]1CC[C@@H]2[C@@H]3CC[C@@H]4CCCC[C@]4(C)[C@@H]3C[C@H](O)[C@]21C. The molecule has 28 heavy (non-hydrogen) atoms. The number of aliphatic hydroxyl groups excluding tert-OH is 1. The average Bonchev–Trinajstić information content (AvgIpc) is 3.05. The van der Waals surface area contributed by atoms with Gasteiger partial charge in [-0.25, -0.2) is 0 Å². The Balaban J connectivity index is 1.54. The second-order valence-corrected chi connectivity index (χ2v) is 11.3. The first-order valence-corrected chi connectivity index (χ1v) is 12.1. The van der Waals surface area contributed by atoms with Crippen LogP contribution in [-0.2, 0) is 9.53 Å². The molecule has 0 aromatic rings. The Kier molecular flexibility index (Phi) is 5.61. The van der Waals surface area contributed by atoms with E-state index in [0.29, 0.717) is 29.6 Å². The fourth-order valence-electron chi connectivity index (χ4n) is 8.87. The number of rotatable bonds is 4. The number of aliphatic hydroxyl groups is 1. The number of hydrogen-bond acceptors (Lipinski definition) is 3. The molecule has 1 N–H and O–H groups in total. The van der Waals surface area contributed by atoms with E-state index in [4.69, 9.17) is 4.74 Å². The van der Waals surface area contributed by atoms with E-state index in [9.17, 15) is 9.90 Å². The van der Waals surface area contributed by atoms with Crippen LogP contribution in [-0.4, -0.2) is 24.3 Å². The summed E-state index contributed by atoms with van der Waals surface area (Å²) in [5, 5.41) is 11.5. The van der Waals surface area contributed by atoms with Crippen molar-refractivity contribution in [2.45, 2.75) is 97.5 Å². The fraction of sp³-hybridized carbons (Fsp3) is 0.960. The number of ether oxygens (including phenoxy) is 1. The highest BCUT2D eigenvalue weighted by Crippen LogP contribution is 2.68. The quantitative estimate of drug-likeness (QED) is 0.636. The highest BCUT2D eigenvalue weighted by Gasteiger charge is 2.63. The van der Waals surface area contributed by atoms with Crippen molar-refractivity contribution in [1.82, 2.24) is 0 Å². The lowest BCUT2D eigenvalue weighted by Gasteiger charge is -2.62. The van der Waals surface area contributed by atoms with Crippen LogP contribution in [0.2, 0.25) is 0 Å². The summed E-state index contributed by atoms with van der Waals surface area (Å²) in [6.07, 6.45) is 13.2. The van der Waals surface area contributed by atoms with Crippen molar-refractivity contribution >= 4 is 5.97 Å². The minimum Gasteiger partial charge on any atom is -0.469 e. The van der Waals surface area contributed by atoms with Crippen LogP contribution in [0.25, 0.3) is 0 Å². The molecule has 0 heterocycles. The monoisotopic (exact) mass is 390 g/mol. The Morgan fingerprint density at radius 2 is 1.89 bits per heavy atom. The highest BCUT2D eigenvalue weighted by molar-refractivity contribution is 5.69. The molecule has 0 amide bonds. The van der Waals surface area contributed by atoms with Crippen molar-refractivity contribution in [1.29, 1.82) is 0 Å². The molecule has 9 atom stereocenters. The van der Waals surface area contributed by atoms with Gasteiger partial charge in [-0.05, 0) is 97.7 Å².